The minimum absolute atomic E-state index is 0.111. The molecule has 15 heavy (non-hydrogen) atoms. The maximum atomic E-state index is 5.57. The van der Waals surface area contributed by atoms with Crippen LogP contribution in [0.1, 0.15) is 13.8 Å². The predicted octanol–water partition coefficient (Wildman–Crippen LogP) is 1.32. The molecule has 1 rings (SSSR count). The van der Waals surface area contributed by atoms with Gasteiger partial charge in [-0.15, -0.1) is 0 Å². The highest BCUT2D eigenvalue weighted by Crippen LogP contribution is 2.26. The summed E-state index contributed by atoms with van der Waals surface area (Å²) in [4.78, 5) is 0. The molecule has 3 N–H and O–H groups in total. The van der Waals surface area contributed by atoms with Gasteiger partial charge in [0.2, 0.25) is 0 Å². The van der Waals surface area contributed by atoms with Crippen LogP contribution in [0.2, 0.25) is 0 Å². The average molecular weight is 210 g/mol. The molecule has 1 aromatic carbocycles. The van der Waals surface area contributed by atoms with Crippen LogP contribution < -0.4 is 20.7 Å². The second kappa shape index (κ2) is 6.27. The summed E-state index contributed by atoms with van der Waals surface area (Å²) in [7, 11) is 0. The van der Waals surface area contributed by atoms with Gasteiger partial charge in [0.15, 0.2) is 11.5 Å². The molecule has 0 saturated carbocycles. The summed E-state index contributed by atoms with van der Waals surface area (Å²) in [6.07, 6.45) is 0. The number of ether oxygens (including phenoxy) is 2. The molecule has 1 unspecified atom stereocenters. The molecule has 0 aliphatic rings. The van der Waals surface area contributed by atoms with E-state index >= 15 is 0 Å². The highest BCUT2D eigenvalue weighted by Gasteiger charge is 2.05. The normalized spacial score (nSPS) is 12.2. The average Bonchev–Trinajstić information content (AvgIpc) is 2.28. The first kappa shape index (κ1) is 11.8. The van der Waals surface area contributed by atoms with E-state index in [1.54, 1.807) is 0 Å². The molecule has 4 nitrogen and oxygen atoms in total. The molecule has 0 amide bonds. The third-order valence-corrected chi connectivity index (χ3v) is 1.92. The van der Waals surface area contributed by atoms with E-state index in [2.05, 4.69) is 5.43 Å². The van der Waals surface area contributed by atoms with Gasteiger partial charge in [-0.3, -0.25) is 11.3 Å². The topological polar surface area (TPSA) is 56.5 Å². The van der Waals surface area contributed by atoms with Gasteiger partial charge in [0.1, 0.15) is 6.61 Å². The van der Waals surface area contributed by atoms with Crippen molar-refractivity contribution < 1.29 is 9.47 Å². The summed E-state index contributed by atoms with van der Waals surface area (Å²) in [6, 6.07) is 7.72. The Morgan fingerprint density at radius 1 is 1.27 bits per heavy atom. The van der Waals surface area contributed by atoms with Gasteiger partial charge in [-0.1, -0.05) is 12.1 Å². The molecule has 0 aliphatic carbocycles. The van der Waals surface area contributed by atoms with Gasteiger partial charge in [0.05, 0.1) is 12.6 Å². The molecule has 84 valence electrons. The standard InChI is InChI=1S/C11H18N2O2/c1-3-14-10-6-4-5-7-11(10)15-8-9(2)13-12/h4-7,9,13H,3,8,12H2,1-2H3. The number of hydrogen-bond acceptors (Lipinski definition) is 4. The van der Waals surface area contributed by atoms with E-state index in [1.165, 1.54) is 0 Å². The lowest BCUT2D eigenvalue weighted by Crippen LogP contribution is -2.37. The fourth-order valence-electron chi connectivity index (χ4n) is 1.11. The number of nitrogens with two attached hydrogens (primary N) is 1. The lowest BCUT2D eigenvalue weighted by molar-refractivity contribution is 0.251. The number of nitrogens with one attached hydrogen (secondary N) is 1. The fourth-order valence-corrected chi connectivity index (χ4v) is 1.11. The van der Waals surface area contributed by atoms with Gasteiger partial charge in [0, 0.05) is 0 Å². The molecule has 4 heteroatoms. The smallest absolute Gasteiger partial charge is 0.161 e. The highest BCUT2D eigenvalue weighted by atomic mass is 16.5. The minimum atomic E-state index is 0.111. The van der Waals surface area contributed by atoms with Crippen LogP contribution in [-0.4, -0.2) is 19.3 Å². The molecule has 0 spiro atoms. The zero-order chi connectivity index (χ0) is 11.1. The van der Waals surface area contributed by atoms with Gasteiger partial charge in [0.25, 0.3) is 0 Å². The van der Waals surface area contributed by atoms with Gasteiger partial charge in [-0.2, -0.15) is 0 Å². The number of hydrazine groups is 1. The lowest BCUT2D eigenvalue weighted by Gasteiger charge is -2.14. The summed E-state index contributed by atoms with van der Waals surface area (Å²) in [5, 5.41) is 0. The van der Waals surface area contributed by atoms with Crippen LogP contribution in [-0.2, 0) is 0 Å². The third-order valence-electron chi connectivity index (χ3n) is 1.92. The number of para-hydroxylation sites is 2. The van der Waals surface area contributed by atoms with Crippen LogP contribution in [0, 0.1) is 0 Å². The SMILES string of the molecule is CCOc1ccccc1OCC(C)NN. The summed E-state index contributed by atoms with van der Waals surface area (Å²) in [6.45, 7) is 5.04. The quantitative estimate of drug-likeness (QED) is 0.549. The highest BCUT2D eigenvalue weighted by molar-refractivity contribution is 5.39. The van der Waals surface area contributed by atoms with Crippen molar-refractivity contribution in [2.75, 3.05) is 13.2 Å². The van der Waals surface area contributed by atoms with Crippen LogP contribution in [0.3, 0.4) is 0 Å². The molecule has 0 radical (unpaired) electrons. The predicted molar refractivity (Wildman–Crippen MR) is 59.9 cm³/mol. The number of hydrogen-bond donors (Lipinski definition) is 2. The molecule has 0 fully saturated rings. The van der Waals surface area contributed by atoms with Crippen molar-refractivity contribution in [3.8, 4) is 11.5 Å². The summed E-state index contributed by atoms with van der Waals surface area (Å²) in [5.74, 6) is 6.79. The molecular formula is C11H18N2O2. The second-order valence-corrected chi connectivity index (χ2v) is 3.26. The van der Waals surface area contributed by atoms with E-state index < -0.39 is 0 Å². The Labute approximate surface area is 90.3 Å². The molecule has 0 saturated heterocycles. The van der Waals surface area contributed by atoms with Crippen molar-refractivity contribution in [2.24, 2.45) is 5.84 Å². The largest absolute Gasteiger partial charge is 0.490 e. The summed E-state index contributed by atoms with van der Waals surface area (Å²) >= 11 is 0. The monoisotopic (exact) mass is 210 g/mol. The Balaban J connectivity index is 2.58. The number of benzene rings is 1. The van der Waals surface area contributed by atoms with Crippen LogP contribution in [0.4, 0.5) is 0 Å². The van der Waals surface area contributed by atoms with Crippen LogP contribution >= 0.6 is 0 Å². The fraction of sp³-hybridized carbons (Fsp3) is 0.455. The van der Waals surface area contributed by atoms with Crippen molar-refractivity contribution >= 4 is 0 Å². The molecule has 0 bridgehead atoms. The van der Waals surface area contributed by atoms with E-state index in [4.69, 9.17) is 15.3 Å². The van der Waals surface area contributed by atoms with Crippen molar-refractivity contribution in [3.05, 3.63) is 24.3 Å². The second-order valence-electron chi connectivity index (χ2n) is 3.26. The first-order chi connectivity index (χ1) is 7.27. The van der Waals surface area contributed by atoms with Crippen molar-refractivity contribution in [2.45, 2.75) is 19.9 Å². The van der Waals surface area contributed by atoms with E-state index in [1.807, 2.05) is 38.1 Å². The minimum Gasteiger partial charge on any atom is -0.490 e. The summed E-state index contributed by atoms with van der Waals surface area (Å²) < 4.78 is 11.0. The van der Waals surface area contributed by atoms with Crippen molar-refractivity contribution in [1.29, 1.82) is 0 Å². The van der Waals surface area contributed by atoms with Crippen molar-refractivity contribution in [1.82, 2.24) is 5.43 Å². The maximum Gasteiger partial charge on any atom is 0.161 e. The maximum absolute atomic E-state index is 5.57. The van der Waals surface area contributed by atoms with E-state index in [0.29, 0.717) is 13.2 Å². The summed E-state index contributed by atoms with van der Waals surface area (Å²) in [5.41, 5.74) is 2.62. The molecule has 1 aromatic rings. The Hall–Kier alpha value is -1.26. The Morgan fingerprint density at radius 2 is 1.87 bits per heavy atom. The van der Waals surface area contributed by atoms with E-state index in [0.717, 1.165) is 11.5 Å². The molecule has 1 atom stereocenters. The van der Waals surface area contributed by atoms with Gasteiger partial charge >= 0.3 is 0 Å². The van der Waals surface area contributed by atoms with Crippen LogP contribution in [0.15, 0.2) is 24.3 Å². The van der Waals surface area contributed by atoms with Gasteiger partial charge in [-0.25, -0.2) is 0 Å². The van der Waals surface area contributed by atoms with E-state index in [9.17, 15) is 0 Å². The van der Waals surface area contributed by atoms with E-state index in [-0.39, 0.29) is 6.04 Å². The van der Waals surface area contributed by atoms with Crippen molar-refractivity contribution in [3.63, 3.8) is 0 Å². The molecule has 0 aliphatic heterocycles. The molecule has 0 heterocycles. The lowest BCUT2D eigenvalue weighted by atomic mass is 10.3. The Bertz CT molecular complexity index is 292. The van der Waals surface area contributed by atoms with Crippen LogP contribution in [0.25, 0.3) is 0 Å². The van der Waals surface area contributed by atoms with Gasteiger partial charge < -0.3 is 9.47 Å². The Morgan fingerprint density at radius 3 is 2.40 bits per heavy atom. The third kappa shape index (κ3) is 3.77. The zero-order valence-electron chi connectivity index (χ0n) is 9.19. The van der Waals surface area contributed by atoms with Crippen LogP contribution in [0.5, 0.6) is 11.5 Å². The number of rotatable bonds is 6. The Kier molecular flexibility index (Phi) is 4.93. The molecule has 0 aromatic heterocycles. The molecular weight excluding hydrogens is 192 g/mol. The first-order valence-corrected chi connectivity index (χ1v) is 5.08. The first-order valence-electron chi connectivity index (χ1n) is 5.08. The van der Waals surface area contributed by atoms with Gasteiger partial charge in [-0.05, 0) is 26.0 Å². The zero-order valence-corrected chi connectivity index (χ0v) is 9.19.